The first-order valence-electron chi connectivity index (χ1n) is 10.6. The largest absolute Gasteiger partial charge is 0.463 e. The molecule has 2 aromatic carbocycles. The van der Waals surface area contributed by atoms with Gasteiger partial charge in [0.2, 0.25) is 0 Å². The highest BCUT2D eigenvalue weighted by molar-refractivity contribution is 7.91. The van der Waals surface area contributed by atoms with Gasteiger partial charge in [0.1, 0.15) is 5.82 Å². The van der Waals surface area contributed by atoms with Gasteiger partial charge in [-0.15, -0.1) is 0 Å². The average Bonchev–Trinajstić information content (AvgIpc) is 2.75. The molecule has 0 radical (unpaired) electrons. The summed E-state index contributed by atoms with van der Waals surface area (Å²) < 4.78 is 45.0. The molecule has 176 valence electrons. The van der Waals surface area contributed by atoms with Gasteiger partial charge in [0.25, 0.3) is 0 Å². The molecule has 0 fully saturated rings. The molecule has 9 heteroatoms. The number of urea groups is 1. The van der Waals surface area contributed by atoms with E-state index in [4.69, 9.17) is 4.74 Å². The number of esters is 1. The fraction of sp³-hybridized carbons (Fsp3) is 0.333. The number of halogens is 1. The minimum absolute atomic E-state index is 0.0103. The van der Waals surface area contributed by atoms with Crippen molar-refractivity contribution < 1.29 is 27.1 Å². The second kappa shape index (κ2) is 9.74. The zero-order valence-corrected chi connectivity index (χ0v) is 19.8. The molecule has 1 unspecified atom stereocenters. The van der Waals surface area contributed by atoms with E-state index >= 15 is 0 Å². The second-order valence-corrected chi connectivity index (χ2v) is 10.1. The highest BCUT2D eigenvalue weighted by Crippen LogP contribution is 2.30. The van der Waals surface area contributed by atoms with Crippen molar-refractivity contribution in [2.24, 2.45) is 0 Å². The van der Waals surface area contributed by atoms with Crippen LogP contribution in [0, 0.1) is 12.7 Å². The van der Waals surface area contributed by atoms with E-state index in [0.717, 1.165) is 17.7 Å². The predicted molar refractivity (Wildman–Crippen MR) is 122 cm³/mol. The molecule has 0 spiro atoms. The fourth-order valence-electron chi connectivity index (χ4n) is 3.59. The number of carbonyl (C=O) groups excluding carboxylic acids is 2. The Bertz CT molecular complexity index is 1200. The van der Waals surface area contributed by atoms with Gasteiger partial charge in [-0.1, -0.05) is 38.1 Å². The lowest BCUT2D eigenvalue weighted by molar-refractivity contribution is -0.139. The Morgan fingerprint density at radius 3 is 2.39 bits per heavy atom. The SMILES string of the molecule is CCOC(=O)C1=C(CS(=O)(=O)c2ccc(F)c(C)c2)NC(=O)NC1c1ccc(C(C)C)cc1. The normalized spacial score (nSPS) is 16.4. The summed E-state index contributed by atoms with van der Waals surface area (Å²) >= 11 is 0. The third kappa shape index (κ3) is 5.42. The maximum Gasteiger partial charge on any atom is 0.338 e. The molecule has 0 bridgehead atoms. The fourth-order valence-corrected chi connectivity index (χ4v) is 5.00. The van der Waals surface area contributed by atoms with Crippen LogP contribution in [0.4, 0.5) is 9.18 Å². The van der Waals surface area contributed by atoms with Crippen LogP contribution < -0.4 is 10.6 Å². The van der Waals surface area contributed by atoms with Crippen molar-refractivity contribution in [3.05, 3.63) is 76.2 Å². The lowest BCUT2D eigenvalue weighted by atomic mass is 9.93. The van der Waals surface area contributed by atoms with Gasteiger partial charge in [-0.3, -0.25) is 0 Å². The Labute approximate surface area is 192 Å². The predicted octanol–water partition coefficient (Wildman–Crippen LogP) is 3.90. The maximum atomic E-state index is 13.6. The van der Waals surface area contributed by atoms with Gasteiger partial charge in [-0.25, -0.2) is 22.4 Å². The Hall–Kier alpha value is -3.20. The molecule has 0 aromatic heterocycles. The zero-order chi connectivity index (χ0) is 24.3. The number of ether oxygens (including phenoxy) is 1. The summed E-state index contributed by atoms with van der Waals surface area (Å²) in [6.07, 6.45) is 0. The molecule has 1 aliphatic rings. The number of hydrogen-bond donors (Lipinski definition) is 2. The number of nitrogens with one attached hydrogen (secondary N) is 2. The molecule has 1 heterocycles. The number of carbonyl (C=O) groups is 2. The molecule has 1 aliphatic heterocycles. The highest BCUT2D eigenvalue weighted by Gasteiger charge is 2.35. The van der Waals surface area contributed by atoms with Crippen molar-refractivity contribution in [3.63, 3.8) is 0 Å². The van der Waals surface area contributed by atoms with Crippen LogP contribution in [0.2, 0.25) is 0 Å². The van der Waals surface area contributed by atoms with E-state index in [1.807, 2.05) is 26.0 Å². The zero-order valence-electron chi connectivity index (χ0n) is 18.9. The summed E-state index contributed by atoms with van der Waals surface area (Å²) in [5.41, 5.74) is 1.81. The first-order chi connectivity index (χ1) is 15.5. The molecule has 2 aromatic rings. The maximum absolute atomic E-state index is 13.6. The monoisotopic (exact) mass is 474 g/mol. The van der Waals surface area contributed by atoms with E-state index in [2.05, 4.69) is 10.6 Å². The van der Waals surface area contributed by atoms with Crippen LogP contribution in [-0.2, 0) is 19.4 Å². The Morgan fingerprint density at radius 1 is 1.15 bits per heavy atom. The lowest BCUT2D eigenvalue weighted by Crippen LogP contribution is -2.47. The Morgan fingerprint density at radius 2 is 1.82 bits per heavy atom. The van der Waals surface area contributed by atoms with Crippen LogP contribution in [-0.4, -0.2) is 32.8 Å². The van der Waals surface area contributed by atoms with Gasteiger partial charge in [0.05, 0.1) is 28.9 Å². The third-order valence-electron chi connectivity index (χ3n) is 5.41. The van der Waals surface area contributed by atoms with E-state index in [0.29, 0.717) is 11.5 Å². The van der Waals surface area contributed by atoms with Gasteiger partial charge >= 0.3 is 12.0 Å². The minimum Gasteiger partial charge on any atom is -0.463 e. The number of sulfone groups is 1. The molecule has 2 N–H and O–H groups in total. The van der Waals surface area contributed by atoms with E-state index < -0.39 is 39.4 Å². The van der Waals surface area contributed by atoms with E-state index in [1.54, 1.807) is 19.1 Å². The quantitative estimate of drug-likeness (QED) is 0.468. The number of hydrogen-bond acceptors (Lipinski definition) is 5. The summed E-state index contributed by atoms with van der Waals surface area (Å²) in [4.78, 5) is 25.2. The van der Waals surface area contributed by atoms with Crippen LogP contribution in [0.3, 0.4) is 0 Å². The van der Waals surface area contributed by atoms with Gasteiger partial charge in [0, 0.05) is 5.70 Å². The van der Waals surface area contributed by atoms with Gasteiger partial charge in [0.15, 0.2) is 9.84 Å². The lowest BCUT2D eigenvalue weighted by Gasteiger charge is -2.29. The summed E-state index contributed by atoms with van der Waals surface area (Å²) in [5, 5.41) is 5.15. The van der Waals surface area contributed by atoms with Crippen LogP contribution in [0.1, 0.15) is 49.4 Å². The molecule has 3 rings (SSSR count). The molecular formula is C24H27FN2O5S. The van der Waals surface area contributed by atoms with E-state index in [9.17, 15) is 22.4 Å². The Balaban J connectivity index is 2.09. The summed E-state index contributed by atoms with van der Waals surface area (Å²) in [6, 6.07) is 9.31. The van der Waals surface area contributed by atoms with Crippen molar-refractivity contribution in [3.8, 4) is 0 Å². The van der Waals surface area contributed by atoms with Gasteiger partial charge < -0.3 is 15.4 Å². The average molecular weight is 475 g/mol. The van der Waals surface area contributed by atoms with Crippen molar-refractivity contribution in [1.29, 1.82) is 0 Å². The molecule has 2 amide bonds. The second-order valence-electron chi connectivity index (χ2n) is 8.14. The van der Waals surface area contributed by atoms with Crippen LogP contribution in [0.15, 0.2) is 58.6 Å². The van der Waals surface area contributed by atoms with Crippen molar-refractivity contribution in [2.45, 2.75) is 44.6 Å². The van der Waals surface area contributed by atoms with E-state index in [1.165, 1.54) is 13.0 Å². The molecule has 33 heavy (non-hydrogen) atoms. The first kappa shape index (κ1) is 24.4. The Kier molecular flexibility index (Phi) is 7.22. The first-order valence-corrected chi connectivity index (χ1v) is 12.2. The number of rotatable bonds is 7. The van der Waals surface area contributed by atoms with Crippen molar-refractivity contribution >= 4 is 21.8 Å². The summed E-state index contributed by atoms with van der Waals surface area (Å²) in [6.45, 7) is 7.27. The third-order valence-corrected chi connectivity index (χ3v) is 7.05. The van der Waals surface area contributed by atoms with Gasteiger partial charge in [-0.2, -0.15) is 0 Å². The van der Waals surface area contributed by atoms with Crippen molar-refractivity contribution in [1.82, 2.24) is 10.6 Å². The number of aryl methyl sites for hydroxylation is 1. The topological polar surface area (TPSA) is 102 Å². The standard InChI is InChI=1S/C24H27FN2O5S/c1-5-32-23(28)21-20(13-33(30,31)18-10-11-19(25)15(4)12-18)26-24(29)27-22(21)17-8-6-16(7-9-17)14(2)3/h6-12,14,22H,5,13H2,1-4H3,(H2,26,27,29). The minimum atomic E-state index is -4.00. The molecule has 7 nitrogen and oxygen atoms in total. The smallest absolute Gasteiger partial charge is 0.338 e. The van der Waals surface area contributed by atoms with Crippen LogP contribution >= 0.6 is 0 Å². The summed E-state index contributed by atoms with van der Waals surface area (Å²) in [5.74, 6) is -1.62. The molecular weight excluding hydrogens is 447 g/mol. The van der Waals surface area contributed by atoms with E-state index in [-0.39, 0.29) is 28.3 Å². The van der Waals surface area contributed by atoms with Crippen LogP contribution in [0.25, 0.3) is 0 Å². The molecule has 1 atom stereocenters. The van der Waals surface area contributed by atoms with Crippen LogP contribution in [0.5, 0.6) is 0 Å². The van der Waals surface area contributed by atoms with Gasteiger partial charge in [-0.05, 0) is 54.7 Å². The molecule has 0 aliphatic carbocycles. The summed E-state index contributed by atoms with van der Waals surface area (Å²) in [7, 11) is -4.00. The molecule has 0 saturated carbocycles. The number of amides is 2. The van der Waals surface area contributed by atoms with Crippen molar-refractivity contribution in [2.75, 3.05) is 12.4 Å². The number of benzene rings is 2. The highest BCUT2D eigenvalue weighted by atomic mass is 32.2. The molecule has 0 saturated heterocycles.